The molecule has 0 amide bonds. The lowest BCUT2D eigenvalue weighted by atomic mass is 10.1. The Labute approximate surface area is 205 Å². The van der Waals surface area contributed by atoms with Crippen molar-refractivity contribution in [2.45, 2.75) is 32.3 Å². The number of hydrogen-bond donors (Lipinski definition) is 1. The summed E-state index contributed by atoms with van der Waals surface area (Å²) >= 11 is 1.57. The van der Waals surface area contributed by atoms with Crippen LogP contribution in [0.3, 0.4) is 0 Å². The maximum absolute atomic E-state index is 10.1. The second kappa shape index (κ2) is 11.6. The molecule has 0 bridgehead atoms. The zero-order valence-corrected chi connectivity index (χ0v) is 21.2. The van der Waals surface area contributed by atoms with Crippen molar-refractivity contribution in [1.29, 1.82) is 5.26 Å². The maximum Gasteiger partial charge on any atom is 0.203 e. The van der Waals surface area contributed by atoms with E-state index < -0.39 is 0 Å². The normalized spacial score (nSPS) is 10.6. The standard InChI is InChI=1S/C26H30N4O3S/c1-16(2)10-11-34-26-29-23(18-13-21(31-4)24(33-6)22(14-18)32-5)20(15-27)25(30-26)28-19-9-7-8-17(3)12-19/h7-9,12-14,16H,10-11H2,1-6H3,(H,28,29,30). The average molecular weight is 479 g/mol. The first-order chi connectivity index (χ1) is 16.4. The molecule has 1 heterocycles. The van der Waals surface area contributed by atoms with E-state index in [0.717, 1.165) is 23.4 Å². The number of benzene rings is 2. The largest absolute Gasteiger partial charge is 0.493 e. The number of rotatable bonds is 10. The second-order valence-corrected chi connectivity index (χ2v) is 9.19. The van der Waals surface area contributed by atoms with Crippen LogP contribution in [0, 0.1) is 24.2 Å². The Morgan fingerprint density at radius 1 is 1.03 bits per heavy atom. The molecule has 0 unspecified atom stereocenters. The van der Waals surface area contributed by atoms with Crippen LogP contribution in [0.5, 0.6) is 17.2 Å². The van der Waals surface area contributed by atoms with Gasteiger partial charge in [-0.2, -0.15) is 5.26 Å². The Bertz CT molecular complexity index is 1170. The first-order valence-electron chi connectivity index (χ1n) is 11.0. The van der Waals surface area contributed by atoms with Gasteiger partial charge in [0.05, 0.1) is 27.0 Å². The lowest BCUT2D eigenvalue weighted by Crippen LogP contribution is -2.05. The first-order valence-corrected chi connectivity index (χ1v) is 12.0. The number of methoxy groups -OCH3 is 3. The molecule has 7 nitrogen and oxygen atoms in total. The van der Waals surface area contributed by atoms with Crippen molar-refractivity contribution < 1.29 is 14.2 Å². The molecule has 34 heavy (non-hydrogen) atoms. The number of nitrogens with one attached hydrogen (secondary N) is 1. The summed E-state index contributed by atoms with van der Waals surface area (Å²) in [5, 5.41) is 14.0. The van der Waals surface area contributed by atoms with Gasteiger partial charge in [-0.1, -0.05) is 37.7 Å². The van der Waals surface area contributed by atoms with E-state index in [1.807, 2.05) is 31.2 Å². The van der Waals surface area contributed by atoms with Crippen molar-refractivity contribution in [2.75, 3.05) is 32.4 Å². The van der Waals surface area contributed by atoms with E-state index in [4.69, 9.17) is 24.2 Å². The topological polar surface area (TPSA) is 89.3 Å². The Balaban J connectivity index is 2.17. The number of aromatic nitrogens is 2. The molecule has 3 rings (SSSR count). The minimum Gasteiger partial charge on any atom is -0.493 e. The fourth-order valence-corrected chi connectivity index (χ4v) is 4.46. The van der Waals surface area contributed by atoms with Gasteiger partial charge in [0, 0.05) is 17.0 Å². The predicted molar refractivity (Wildman–Crippen MR) is 136 cm³/mol. The van der Waals surface area contributed by atoms with Crippen molar-refractivity contribution in [3.05, 3.63) is 47.5 Å². The van der Waals surface area contributed by atoms with Crippen LogP contribution >= 0.6 is 11.8 Å². The summed E-state index contributed by atoms with van der Waals surface area (Å²) in [5.74, 6) is 3.36. The van der Waals surface area contributed by atoms with E-state index >= 15 is 0 Å². The second-order valence-electron chi connectivity index (χ2n) is 8.13. The quantitative estimate of drug-likeness (QED) is 0.271. The van der Waals surface area contributed by atoms with Gasteiger partial charge in [0.1, 0.15) is 11.6 Å². The van der Waals surface area contributed by atoms with E-state index in [1.54, 1.807) is 45.2 Å². The minimum atomic E-state index is 0.337. The summed E-state index contributed by atoms with van der Waals surface area (Å²) in [6.45, 7) is 6.39. The Morgan fingerprint density at radius 2 is 1.74 bits per heavy atom. The molecule has 0 saturated carbocycles. The van der Waals surface area contributed by atoms with Gasteiger partial charge < -0.3 is 19.5 Å². The molecular weight excluding hydrogens is 448 g/mol. The van der Waals surface area contributed by atoms with Crippen LogP contribution < -0.4 is 19.5 Å². The number of thioether (sulfide) groups is 1. The average Bonchev–Trinajstić information content (AvgIpc) is 2.82. The van der Waals surface area contributed by atoms with Crippen LogP contribution in [-0.4, -0.2) is 37.1 Å². The van der Waals surface area contributed by atoms with Gasteiger partial charge in [-0.05, 0) is 49.1 Å². The lowest BCUT2D eigenvalue weighted by molar-refractivity contribution is 0.324. The van der Waals surface area contributed by atoms with Gasteiger partial charge in [-0.15, -0.1) is 0 Å². The number of anilines is 2. The van der Waals surface area contributed by atoms with E-state index in [1.165, 1.54) is 0 Å². The van der Waals surface area contributed by atoms with Crippen LogP contribution in [0.15, 0.2) is 41.6 Å². The zero-order chi connectivity index (χ0) is 24.7. The smallest absolute Gasteiger partial charge is 0.203 e. The molecule has 0 fully saturated rings. The number of ether oxygens (including phenoxy) is 3. The molecule has 1 N–H and O–H groups in total. The number of nitrogens with zero attached hydrogens (tertiary/aromatic N) is 3. The molecule has 178 valence electrons. The summed E-state index contributed by atoms with van der Waals surface area (Å²) in [7, 11) is 4.67. The van der Waals surface area contributed by atoms with Crippen molar-refractivity contribution in [2.24, 2.45) is 5.92 Å². The summed E-state index contributed by atoms with van der Waals surface area (Å²) in [6, 6.07) is 13.8. The molecule has 3 aromatic rings. The zero-order valence-electron chi connectivity index (χ0n) is 20.4. The molecule has 0 aliphatic rings. The molecule has 0 spiro atoms. The molecule has 0 aliphatic carbocycles. The van der Waals surface area contributed by atoms with Gasteiger partial charge in [0.25, 0.3) is 0 Å². The summed E-state index contributed by atoms with van der Waals surface area (Å²) in [5.41, 5.74) is 3.47. The van der Waals surface area contributed by atoms with E-state index in [-0.39, 0.29) is 0 Å². The summed E-state index contributed by atoms with van der Waals surface area (Å²) in [4.78, 5) is 9.48. The van der Waals surface area contributed by atoms with Gasteiger partial charge in [-0.3, -0.25) is 0 Å². The molecular formula is C26H30N4O3S. The molecule has 0 radical (unpaired) electrons. The third-order valence-electron chi connectivity index (χ3n) is 5.15. The van der Waals surface area contributed by atoms with Crippen LogP contribution in [0.2, 0.25) is 0 Å². The van der Waals surface area contributed by atoms with Gasteiger partial charge in [0.2, 0.25) is 5.75 Å². The summed E-state index contributed by atoms with van der Waals surface area (Å²) in [6.07, 6.45) is 1.04. The van der Waals surface area contributed by atoms with E-state index in [0.29, 0.717) is 51.0 Å². The first kappa shape index (κ1) is 25.2. The highest BCUT2D eigenvalue weighted by molar-refractivity contribution is 7.99. The van der Waals surface area contributed by atoms with E-state index in [2.05, 4.69) is 25.2 Å². The molecule has 8 heteroatoms. The maximum atomic E-state index is 10.1. The minimum absolute atomic E-state index is 0.337. The fraction of sp³-hybridized carbons (Fsp3) is 0.346. The molecule has 0 aliphatic heterocycles. The van der Waals surface area contributed by atoms with Crippen molar-refractivity contribution in [1.82, 2.24) is 9.97 Å². The monoisotopic (exact) mass is 478 g/mol. The van der Waals surface area contributed by atoms with Crippen molar-refractivity contribution in [3.63, 3.8) is 0 Å². The molecule has 0 atom stereocenters. The van der Waals surface area contributed by atoms with Crippen LogP contribution in [0.4, 0.5) is 11.5 Å². The molecule has 2 aromatic carbocycles. The van der Waals surface area contributed by atoms with Gasteiger partial charge in [0.15, 0.2) is 22.5 Å². The molecule has 0 saturated heterocycles. The predicted octanol–water partition coefficient (Wildman–Crippen LogP) is 6.23. The van der Waals surface area contributed by atoms with Crippen molar-refractivity contribution in [3.8, 4) is 34.6 Å². The third kappa shape index (κ3) is 5.91. The third-order valence-corrected chi connectivity index (χ3v) is 6.03. The lowest BCUT2D eigenvalue weighted by Gasteiger charge is -2.16. The van der Waals surface area contributed by atoms with Crippen LogP contribution in [0.25, 0.3) is 11.3 Å². The van der Waals surface area contributed by atoms with Crippen LogP contribution in [0.1, 0.15) is 31.4 Å². The highest BCUT2D eigenvalue weighted by Gasteiger charge is 2.21. The SMILES string of the molecule is COc1cc(-c2nc(SCCC(C)C)nc(Nc3cccc(C)c3)c2C#N)cc(OC)c1OC. The number of aryl methyl sites for hydroxylation is 1. The van der Waals surface area contributed by atoms with Gasteiger partial charge >= 0.3 is 0 Å². The Hall–Kier alpha value is -3.44. The Kier molecular flexibility index (Phi) is 8.61. The fourth-order valence-electron chi connectivity index (χ4n) is 3.37. The summed E-state index contributed by atoms with van der Waals surface area (Å²) < 4.78 is 16.5. The van der Waals surface area contributed by atoms with E-state index in [9.17, 15) is 5.26 Å². The van der Waals surface area contributed by atoms with Crippen molar-refractivity contribution >= 4 is 23.3 Å². The molecule has 1 aromatic heterocycles. The highest BCUT2D eigenvalue weighted by atomic mass is 32.2. The highest BCUT2D eigenvalue weighted by Crippen LogP contribution is 2.42. The number of nitriles is 1. The number of hydrogen-bond acceptors (Lipinski definition) is 8. The van der Waals surface area contributed by atoms with Crippen LogP contribution in [-0.2, 0) is 0 Å². The van der Waals surface area contributed by atoms with Gasteiger partial charge in [-0.25, -0.2) is 9.97 Å². The Morgan fingerprint density at radius 3 is 2.29 bits per heavy atom.